The molecule has 7 heteroatoms. The Morgan fingerprint density at radius 2 is 1.59 bits per heavy atom. The number of nitrogens with zero attached hydrogens (tertiary/aromatic N) is 3. The number of aliphatic imine (C=N–C) groups is 1. The molecule has 1 aliphatic heterocycles. The van der Waals surface area contributed by atoms with E-state index in [0.717, 1.165) is 5.56 Å². The van der Waals surface area contributed by atoms with Gasteiger partial charge in [-0.2, -0.15) is 0 Å². The summed E-state index contributed by atoms with van der Waals surface area (Å²) >= 11 is 5.98. The lowest BCUT2D eigenvalue weighted by atomic mass is 10.1. The smallest absolute Gasteiger partial charge is 0.266 e. The Balaban J connectivity index is 1.85. The molecular weight excluding hydrogens is 390 g/mol. The van der Waals surface area contributed by atoms with Gasteiger partial charge in [-0.15, -0.1) is 0 Å². The van der Waals surface area contributed by atoms with E-state index in [4.69, 9.17) is 11.6 Å². The maximum absolute atomic E-state index is 13.2. The normalized spacial score (nSPS) is 14.9. The second-order valence-electron chi connectivity index (χ2n) is 6.26. The number of anilines is 1. The fraction of sp³-hybridized carbons (Fsp3) is 0. The number of halogens is 1. The van der Waals surface area contributed by atoms with Gasteiger partial charge in [-0.25, -0.2) is 4.99 Å². The zero-order valence-electron chi connectivity index (χ0n) is 15.0. The van der Waals surface area contributed by atoms with Crippen molar-refractivity contribution >= 4 is 40.8 Å². The van der Waals surface area contributed by atoms with Gasteiger partial charge >= 0.3 is 0 Å². The standard InChI is InChI=1S/C22H14ClN3O3/c23-17-10-12-18(13-11-17)25-21(15-6-2-1-3-7-15)24-19(22(25)27)14-16-8-4-5-9-20(16)26(28)29/h1-14H/b19-14-. The SMILES string of the molecule is O=C1/C(=C/c2ccccc2[N+](=O)[O-])N=C(c2ccccc2)N1c1ccc(Cl)cc1. The Morgan fingerprint density at radius 3 is 2.28 bits per heavy atom. The quantitative estimate of drug-likeness (QED) is 0.346. The van der Waals surface area contributed by atoms with E-state index in [1.165, 1.54) is 17.0 Å². The molecule has 0 aromatic heterocycles. The van der Waals surface area contributed by atoms with Crippen molar-refractivity contribution in [3.8, 4) is 0 Å². The molecule has 29 heavy (non-hydrogen) atoms. The number of rotatable bonds is 4. The largest absolute Gasteiger partial charge is 0.282 e. The molecule has 0 saturated heterocycles. The predicted octanol–water partition coefficient (Wildman–Crippen LogP) is 5.08. The number of carbonyl (C=O) groups is 1. The lowest BCUT2D eigenvalue weighted by Crippen LogP contribution is -2.32. The second kappa shape index (κ2) is 7.69. The van der Waals surface area contributed by atoms with Crippen molar-refractivity contribution in [1.82, 2.24) is 0 Å². The fourth-order valence-electron chi connectivity index (χ4n) is 3.05. The maximum Gasteiger partial charge on any atom is 0.282 e. The van der Waals surface area contributed by atoms with Crippen LogP contribution < -0.4 is 4.90 Å². The van der Waals surface area contributed by atoms with Crippen LogP contribution in [0.1, 0.15) is 11.1 Å². The van der Waals surface area contributed by atoms with Crippen LogP contribution in [0.5, 0.6) is 0 Å². The highest BCUT2D eigenvalue weighted by molar-refractivity contribution is 6.34. The first-order valence-corrected chi connectivity index (χ1v) is 9.11. The highest BCUT2D eigenvalue weighted by atomic mass is 35.5. The molecule has 0 bridgehead atoms. The maximum atomic E-state index is 13.2. The molecule has 0 unspecified atom stereocenters. The molecule has 0 aliphatic carbocycles. The highest BCUT2D eigenvalue weighted by Crippen LogP contribution is 2.30. The van der Waals surface area contributed by atoms with Crippen LogP contribution >= 0.6 is 11.6 Å². The molecule has 0 fully saturated rings. The molecule has 1 heterocycles. The van der Waals surface area contributed by atoms with Crippen molar-refractivity contribution in [3.63, 3.8) is 0 Å². The molecule has 142 valence electrons. The minimum atomic E-state index is -0.482. The van der Waals surface area contributed by atoms with Crippen molar-refractivity contribution in [3.05, 3.63) is 111 Å². The van der Waals surface area contributed by atoms with Crippen LogP contribution in [0.4, 0.5) is 11.4 Å². The van der Waals surface area contributed by atoms with E-state index in [1.54, 1.807) is 42.5 Å². The molecule has 1 aliphatic rings. The Kier molecular flexibility index (Phi) is 4.93. The summed E-state index contributed by atoms with van der Waals surface area (Å²) in [5.74, 6) is 0.0760. The van der Waals surface area contributed by atoms with Crippen molar-refractivity contribution in [2.24, 2.45) is 4.99 Å². The van der Waals surface area contributed by atoms with Gasteiger partial charge in [-0.1, -0.05) is 54.1 Å². The number of para-hydroxylation sites is 1. The molecule has 4 rings (SSSR count). The molecule has 0 saturated carbocycles. The molecule has 3 aromatic rings. The van der Waals surface area contributed by atoms with Crippen LogP contribution in [0.2, 0.25) is 5.02 Å². The van der Waals surface area contributed by atoms with E-state index >= 15 is 0 Å². The van der Waals surface area contributed by atoms with Gasteiger partial charge in [0.05, 0.1) is 16.2 Å². The molecule has 1 amide bonds. The fourth-order valence-corrected chi connectivity index (χ4v) is 3.18. The third-order valence-corrected chi connectivity index (χ3v) is 4.65. The number of amides is 1. The van der Waals surface area contributed by atoms with E-state index in [-0.39, 0.29) is 17.3 Å². The van der Waals surface area contributed by atoms with Gasteiger partial charge in [0, 0.05) is 16.7 Å². The number of nitro benzene ring substituents is 1. The first-order valence-electron chi connectivity index (χ1n) is 8.74. The average Bonchev–Trinajstić information content (AvgIpc) is 3.06. The third kappa shape index (κ3) is 3.66. The minimum absolute atomic E-state index is 0.0887. The van der Waals surface area contributed by atoms with Crippen LogP contribution in [-0.2, 0) is 4.79 Å². The number of nitro groups is 1. The van der Waals surface area contributed by atoms with E-state index in [9.17, 15) is 14.9 Å². The van der Waals surface area contributed by atoms with Crippen molar-refractivity contribution in [2.45, 2.75) is 0 Å². The summed E-state index contributed by atoms with van der Waals surface area (Å²) in [5.41, 5.74) is 1.70. The lowest BCUT2D eigenvalue weighted by Gasteiger charge is -2.18. The number of benzene rings is 3. The number of amidine groups is 1. The molecule has 0 atom stereocenters. The second-order valence-corrected chi connectivity index (χ2v) is 6.70. The third-order valence-electron chi connectivity index (χ3n) is 4.40. The summed E-state index contributed by atoms with van der Waals surface area (Å²) in [6.45, 7) is 0. The van der Waals surface area contributed by atoms with Crippen LogP contribution in [-0.4, -0.2) is 16.7 Å². The van der Waals surface area contributed by atoms with Gasteiger partial charge in [-0.05, 0) is 36.4 Å². The van der Waals surface area contributed by atoms with Gasteiger partial charge in [0.1, 0.15) is 11.5 Å². The first-order chi connectivity index (χ1) is 14.0. The van der Waals surface area contributed by atoms with Gasteiger partial charge in [0.25, 0.3) is 11.6 Å². The Labute approximate surface area is 171 Å². The van der Waals surface area contributed by atoms with Crippen molar-refractivity contribution < 1.29 is 9.72 Å². The van der Waals surface area contributed by atoms with Gasteiger partial charge < -0.3 is 0 Å². The predicted molar refractivity (Wildman–Crippen MR) is 113 cm³/mol. The Hall–Kier alpha value is -3.77. The van der Waals surface area contributed by atoms with Crippen LogP contribution in [0.25, 0.3) is 6.08 Å². The van der Waals surface area contributed by atoms with E-state index in [1.807, 2.05) is 30.3 Å². The topological polar surface area (TPSA) is 75.8 Å². The summed E-state index contributed by atoms with van der Waals surface area (Å²) < 4.78 is 0. The molecule has 6 nitrogen and oxygen atoms in total. The summed E-state index contributed by atoms with van der Waals surface area (Å²) in [6.07, 6.45) is 1.44. The van der Waals surface area contributed by atoms with Crippen molar-refractivity contribution in [2.75, 3.05) is 4.90 Å². The summed E-state index contributed by atoms with van der Waals surface area (Å²) in [7, 11) is 0. The van der Waals surface area contributed by atoms with Gasteiger partial charge in [0.15, 0.2) is 0 Å². The molecule has 0 N–H and O–H groups in total. The molecular formula is C22H14ClN3O3. The highest BCUT2D eigenvalue weighted by Gasteiger charge is 2.32. The monoisotopic (exact) mass is 403 g/mol. The van der Waals surface area contributed by atoms with Crippen molar-refractivity contribution in [1.29, 1.82) is 0 Å². The number of carbonyl (C=O) groups excluding carboxylic acids is 1. The number of hydrogen-bond donors (Lipinski definition) is 0. The van der Waals surface area contributed by atoms with Crippen LogP contribution in [0.15, 0.2) is 89.6 Å². The summed E-state index contributed by atoms with van der Waals surface area (Å²) in [5, 5.41) is 11.9. The molecule has 0 spiro atoms. The van der Waals surface area contributed by atoms with E-state index in [0.29, 0.717) is 22.1 Å². The van der Waals surface area contributed by atoms with Gasteiger partial charge in [0.2, 0.25) is 0 Å². The Bertz CT molecular complexity index is 1160. The van der Waals surface area contributed by atoms with Gasteiger partial charge in [-0.3, -0.25) is 19.8 Å². The average molecular weight is 404 g/mol. The van der Waals surface area contributed by atoms with E-state index in [2.05, 4.69) is 4.99 Å². The molecule has 0 radical (unpaired) electrons. The number of hydrogen-bond acceptors (Lipinski definition) is 4. The lowest BCUT2D eigenvalue weighted by molar-refractivity contribution is -0.385. The summed E-state index contributed by atoms with van der Waals surface area (Å²) in [4.78, 5) is 30.0. The van der Waals surface area contributed by atoms with E-state index < -0.39 is 4.92 Å². The molecule has 3 aromatic carbocycles. The van der Waals surface area contributed by atoms with Crippen LogP contribution in [0, 0.1) is 10.1 Å². The zero-order chi connectivity index (χ0) is 20.4. The minimum Gasteiger partial charge on any atom is -0.266 e. The zero-order valence-corrected chi connectivity index (χ0v) is 15.8. The first kappa shape index (κ1) is 18.6. The Morgan fingerprint density at radius 1 is 0.931 bits per heavy atom. The summed E-state index contributed by atoms with van der Waals surface area (Å²) in [6, 6.07) is 22.4. The van der Waals surface area contributed by atoms with Crippen LogP contribution in [0.3, 0.4) is 0 Å².